The molecule has 0 saturated carbocycles. The van der Waals surface area contributed by atoms with E-state index in [1.807, 2.05) is 0 Å². The lowest BCUT2D eigenvalue weighted by molar-refractivity contribution is 0.0964. The van der Waals surface area contributed by atoms with Gasteiger partial charge < -0.3 is 18.9 Å². The highest BCUT2D eigenvalue weighted by Gasteiger charge is 2.30. The van der Waals surface area contributed by atoms with E-state index in [2.05, 4.69) is 15.3 Å². The number of carbonyl (C=O) groups excluding carboxylic acids is 1. The quantitative estimate of drug-likeness (QED) is 0.156. The molecule has 0 fully saturated rings. The maximum absolute atomic E-state index is 15.9. The van der Waals surface area contributed by atoms with Crippen molar-refractivity contribution >= 4 is 43.8 Å². The van der Waals surface area contributed by atoms with Crippen molar-refractivity contribution in [1.82, 2.24) is 15.3 Å². The third kappa shape index (κ3) is 6.55. The van der Waals surface area contributed by atoms with E-state index >= 15 is 4.39 Å². The molecular formula is C35H31F3N4O6S. The zero-order chi connectivity index (χ0) is 35.2. The molecule has 0 saturated heterocycles. The first-order chi connectivity index (χ1) is 23.2. The number of anilines is 1. The van der Waals surface area contributed by atoms with Gasteiger partial charge in [0.15, 0.2) is 22.8 Å². The van der Waals surface area contributed by atoms with Crippen LogP contribution in [0.4, 0.5) is 18.9 Å². The lowest BCUT2D eigenvalue weighted by Crippen LogP contribution is -2.34. The van der Waals surface area contributed by atoms with Gasteiger partial charge in [-0.05, 0) is 80.4 Å². The molecule has 6 rings (SSSR count). The summed E-state index contributed by atoms with van der Waals surface area (Å²) in [6.45, 7) is 2.38. The molecule has 3 aromatic carbocycles. The molecule has 49 heavy (non-hydrogen) atoms. The molecule has 0 radical (unpaired) electrons. The van der Waals surface area contributed by atoms with E-state index in [0.29, 0.717) is 11.1 Å². The number of halogens is 3. The highest BCUT2D eigenvalue weighted by Crippen LogP contribution is 2.45. The maximum Gasteiger partial charge on any atom is 0.255 e. The molecule has 0 atom stereocenters. The van der Waals surface area contributed by atoms with Gasteiger partial charge in [0, 0.05) is 42.4 Å². The second-order valence-electron chi connectivity index (χ2n) is 11.9. The number of oxazole rings is 1. The van der Waals surface area contributed by atoms with Crippen molar-refractivity contribution in [2.45, 2.75) is 25.9 Å². The van der Waals surface area contributed by atoms with E-state index in [1.54, 1.807) is 12.1 Å². The van der Waals surface area contributed by atoms with Crippen molar-refractivity contribution in [1.29, 1.82) is 0 Å². The minimum Gasteiger partial charge on any atom is -0.493 e. The highest BCUT2D eigenvalue weighted by molar-refractivity contribution is 7.92. The minimum absolute atomic E-state index is 0.0129. The number of furan rings is 1. The number of pyridine rings is 1. The van der Waals surface area contributed by atoms with Gasteiger partial charge in [-0.25, -0.2) is 26.6 Å². The van der Waals surface area contributed by atoms with Gasteiger partial charge in [-0.2, -0.15) is 4.98 Å². The topological polar surface area (TPSA) is 128 Å². The fraction of sp³-hybridized carbons (Fsp3) is 0.229. The highest BCUT2D eigenvalue weighted by atomic mass is 32.2. The van der Waals surface area contributed by atoms with E-state index in [4.69, 9.17) is 13.6 Å². The van der Waals surface area contributed by atoms with Crippen LogP contribution in [0.2, 0.25) is 0 Å². The van der Waals surface area contributed by atoms with Gasteiger partial charge >= 0.3 is 0 Å². The fourth-order valence-corrected chi connectivity index (χ4v) is 6.49. The Labute approximate surface area is 279 Å². The van der Waals surface area contributed by atoms with Gasteiger partial charge in [0.05, 0.1) is 30.2 Å². The number of fused-ring (bicyclic) bond motifs is 2. The van der Waals surface area contributed by atoms with Crippen LogP contribution in [0.3, 0.4) is 0 Å². The number of aromatic nitrogens is 2. The van der Waals surface area contributed by atoms with E-state index < -0.39 is 33.2 Å². The van der Waals surface area contributed by atoms with Crippen molar-refractivity contribution in [3.05, 3.63) is 84.1 Å². The van der Waals surface area contributed by atoms with E-state index in [1.165, 1.54) is 76.7 Å². The molecule has 0 aliphatic heterocycles. The van der Waals surface area contributed by atoms with Crippen LogP contribution < -0.4 is 14.4 Å². The Hall–Kier alpha value is -5.37. The van der Waals surface area contributed by atoms with E-state index in [0.717, 1.165) is 16.6 Å². The molecular weight excluding hydrogens is 661 g/mol. The minimum atomic E-state index is -4.08. The maximum atomic E-state index is 15.9. The zero-order valence-corrected chi connectivity index (χ0v) is 27.9. The van der Waals surface area contributed by atoms with Gasteiger partial charge in [0.2, 0.25) is 15.9 Å². The number of amides is 1. The molecule has 254 valence electrons. The van der Waals surface area contributed by atoms with Crippen molar-refractivity contribution in [2.75, 3.05) is 31.3 Å². The fourth-order valence-electron chi connectivity index (χ4n) is 5.56. The van der Waals surface area contributed by atoms with Crippen LogP contribution >= 0.6 is 0 Å². The molecule has 1 amide bonds. The Balaban J connectivity index is 1.68. The molecule has 3 aromatic heterocycles. The van der Waals surface area contributed by atoms with Crippen LogP contribution in [0, 0.1) is 11.6 Å². The molecule has 3 heterocycles. The number of hydrogen-bond acceptors (Lipinski definition) is 8. The normalized spacial score (nSPS) is 12.1. The Morgan fingerprint density at radius 2 is 1.73 bits per heavy atom. The van der Waals surface area contributed by atoms with Gasteiger partial charge in [0.25, 0.3) is 5.91 Å². The summed E-state index contributed by atoms with van der Waals surface area (Å²) in [7, 11) is -1.37. The monoisotopic (exact) mass is 692 g/mol. The molecule has 0 bridgehead atoms. The van der Waals surface area contributed by atoms with Crippen LogP contribution in [0.15, 0.2) is 75.7 Å². The largest absolute Gasteiger partial charge is 0.493 e. The average molecular weight is 693 g/mol. The first kappa shape index (κ1) is 33.5. The average Bonchev–Trinajstić information content (AvgIpc) is 3.64. The first-order valence-corrected chi connectivity index (χ1v) is 16.9. The van der Waals surface area contributed by atoms with Crippen LogP contribution in [0.5, 0.6) is 5.75 Å². The first-order valence-electron chi connectivity index (χ1n) is 15.0. The number of carbonyl (C=O) groups is 1. The number of nitrogens with zero attached hydrogens (tertiary/aromatic N) is 3. The van der Waals surface area contributed by atoms with Gasteiger partial charge in [-0.15, -0.1) is 0 Å². The van der Waals surface area contributed by atoms with Gasteiger partial charge in [-0.1, -0.05) is 0 Å². The summed E-state index contributed by atoms with van der Waals surface area (Å²) in [4.78, 5) is 21.9. The van der Waals surface area contributed by atoms with Crippen molar-refractivity contribution < 1.29 is 40.0 Å². The van der Waals surface area contributed by atoms with Gasteiger partial charge in [-0.3, -0.25) is 9.10 Å². The Morgan fingerprint density at radius 3 is 2.37 bits per heavy atom. The van der Waals surface area contributed by atoms with Crippen LogP contribution in [-0.4, -0.2) is 56.9 Å². The number of hydrogen-bond donors (Lipinski definition) is 1. The van der Waals surface area contributed by atoms with Crippen molar-refractivity contribution in [3.63, 3.8) is 0 Å². The van der Waals surface area contributed by atoms with Crippen molar-refractivity contribution in [3.8, 4) is 39.7 Å². The predicted molar refractivity (Wildman–Crippen MR) is 180 cm³/mol. The summed E-state index contributed by atoms with van der Waals surface area (Å²) in [6, 6.07) is 14.2. The molecule has 10 nitrogen and oxygen atoms in total. The molecule has 0 aliphatic rings. The lowest BCUT2D eigenvalue weighted by atomic mass is 9.96. The number of benzene rings is 3. The third-order valence-electron chi connectivity index (χ3n) is 7.90. The number of rotatable bonds is 10. The molecule has 1 N–H and O–H groups in total. The second-order valence-corrected chi connectivity index (χ2v) is 13.9. The summed E-state index contributed by atoms with van der Waals surface area (Å²) in [5.74, 6) is -1.98. The van der Waals surface area contributed by atoms with E-state index in [-0.39, 0.29) is 74.9 Å². The molecule has 0 spiro atoms. The second kappa shape index (κ2) is 12.6. The zero-order valence-electron chi connectivity index (χ0n) is 27.1. The predicted octanol–water partition coefficient (Wildman–Crippen LogP) is 7.52. The Kier molecular flexibility index (Phi) is 8.61. The Morgan fingerprint density at radius 1 is 1.00 bits per heavy atom. The third-order valence-corrected chi connectivity index (χ3v) is 9.08. The Bertz CT molecular complexity index is 2300. The van der Waals surface area contributed by atoms with Gasteiger partial charge in [0.1, 0.15) is 22.8 Å². The number of sulfonamides is 1. The van der Waals surface area contributed by atoms with E-state index in [9.17, 15) is 22.0 Å². The smallest absolute Gasteiger partial charge is 0.255 e. The lowest BCUT2D eigenvalue weighted by Gasteiger charge is -2.27. The summed E-state index contributed by atoms with van der Waals surface area (Å²) < 4.78 is 89.7. The molecule has 14 heteroatoms. The number of nitrogens with one attached hydrogen (secondary N) is 1. The summed E-state index contributed by atoms with van der Waals surface area (Å²) in [5.41, 5.74) is -0.139. The molecule has 0 unspecified atom stereocenters. The molecule has 6 aromatic rings. The standard InChI is InChI=1S/C35H31F3N4O6S/c1-35(2,38)12-14-42(49(5,44)45)26-18-28-23(29(33(43)39-3)30(47-28)19-8-10-21(36)11-9-19)17-22(26)20-15-24(31(46-4)25(37)16-20)34-41-32-27(48-34)7-6-13-40-32/h6-11,13,15-18H,12,14H2,1-5H3,(H,39,43). The SMILES string of the molecule is CNC(=O)c1c(-c2ccc(F)cc2)oc2cc(N(CCC(C)(C)F)S(C)(=O)=O)c(-c3cc(F)c(OC)c(-c4nc5ncccc5o4)c3)cc12. The summed E-state index contributed by atoms with van der Waals surface area (Å²) in [6.07, 6.45) is 2.32. The van der Waals surface area contributed by atoms with Crippen LogP contribution in [0.1, 0.15) is 30.6 Å². The summed E-state index contributed by atoms with van der Waals surface area (Å²) >= 11 is 0. The number of ether oxygens (including phenoxy) is 1. The van der Waals surface area contributed by atoms with Crippen LogP contribution in [0.25, 0.3) is 56.1 Å². The number of alkyl halides is 1. The number of methoxy groups -OCH3 is 1. The van der Waals surface area contributed by atoms with Crippen LogP contribution in [-0.2, 0) is 10.0 Å². The van der Waals surface area contributed by atoms with Crippen molar-refractivity contribution in [2.24, 2.45) is 0 Å². The summed E-state index contributed by atoms with van der Waals surface area (Å²) in [5, 5.41) is 2.83. The molecule has 0 aliphatic carbocycles.